The van der Waals surface area contributed by atoms with E-state index in [-0.39, 0.29) is 10.6 Å². The maximum absolute atomic E-state index is 12.0. The van der Waals surface area contributed by atoms with Crippen LogP contribution in [0.15, 0.2) is 41.3 Å². The number of primary sulfonamides is 1. The summed E-state index contributed by atoms with van der Waals surface area (Å²) in [5, 5.41) is 10.1. The number of nitrogens with two attached hydrogens (primary N) is 1. The second-order valence-corrected chi connectivity index (χ2v) is 7.38. The normalized spacial score (nSPS) is 11.0. The van der Waals surface area contributed by atoms with Crippen LogP contribution in [0.5, 0.6) is 0 Å². The Morgan fingerprint density at radius 3 is 2.08 bits per heavy atom. The third-order valence-corrected chi connectivity index (χ3v) is 4.54. The molecular weight excluding hydrogens is 366 g/mol. The lowest BCUT2D eigenvalue weighted by molar-refractivity contribution is -0.133. The monoisotopic (exact) mass is 381 g/mol. The Kier molecular flexibility index (Phi) is 5.46. The van der Waals surface area contributed by atoms with Crippen LogP contribution in [-0.2, 0) is 19.6 Å². The molecule has 0 aliphatic carbocycles. The Hall–Kier alpha value is -2.42. The molecular formula is C16H16ClN3O4S. The number of carbonyl (C=O) groups is 2. The number of sulfonamides is 1. The molecule has 2 aromatic carbocycles. The summed E-state index contributed by atoms with van der Waals surface area (Å²) in [6.07, 6.45) is 0. The highest BCUT2D eigenvalue weighted by molar-refractivity contribution is 7.89. The van der Waals surface area contributed by atoms with E-state index in [0.29, 0.717) is 10.7 Å². The molecule has 7 nitrogen and oxygen atoms in total. The predicted octanol–water partition coefficient (Wildman–Crippen LogP) is 2.18. The molecule has 2 rings (SSSR count). The quantitative estimate of drug-likeness (QED) is 0.706. The zero-order valence-corrected chi connectivity index (χ0v) is 15.0. The van der Waals surface area contributed by atoms with Gasteiger partial charge in [0.2, 0.25) is 10.0 Å². The summed E-state index contributed by atoms with van der Waals surface area (Å²) in [5.74, 6) is -1.82. The van der Waals surface area contributed by atoms with Gasteiger partial charge in [-0.05, 0) is 55.3 Å². The lowest BCUT2D eigenvalue weighted by Gasteiger charge is -2.11. The van der Waals surface area contributed by atoms with Crippen molar-refractivity contribution in [1.82, 2.24) is 0 Å². The lowest BCUT2D eigenvalue weighted by atomic mass is 10.1. The van der Waals surface area contributed by atoms with E-state index in [9.17, 15) is 18.0 Å². The minimum Gasteiger partial charge on any atom is -0.318 e. The average Bonchev–Trinajstić information content (AvgIpc) is 2.50. The Bertz CT molecular complexity index is 917. The van der Waals surface area contributed by atoms with Gasteiger partial charge in [0.05, 0.1) is 15.6 Å². The van der Waals surface area contributed by atoms with Crippen LogP contribution in [0.25, 0.3) is 0 Å². The smallest absolute Gasteiger partial charge is 0.314 e. The molecule has 9 heteroatoms. The van der Waals surface area contributed by atoms with Crippen LogP contribution in [0.3, 0.4) is 0 Å². The van der Waals surface area contributed by atoms with Crippen molar-refractivity contribution in [3.8, 4) is 0 Å². The molecule has 0 atom stereocenters. The van der Waals surface area contributed by atoms with E-state index in [4.69, 9.17) is 16.7 Å². The molecule has 0 unspecified atom stereocenters. The van der Waals surface area contributed by atoms with Gasteiger partial charge >= 0.3 is 11.8 Å². The van der Waals surface area contributed by atoms with Crippen LogP contribution in [0.2, 0.25) is 5.02 Å². The molecule has 0 fully saturated rings. The minimum atomic E-state index is -3.82. The zero-order chi connectivity index (χ0) is 18.8. The van der Waals surface area contributed by atoms with Crippen molar-refractivity contribution in [1.29, 1.82) is 0 Å². The highest BCUT2D eigenvalue weighted by Gasteiger charge is 2.17. The average molecular weight is 382 g/mol. The Balaban J connectivity index is 2.10. The first kappa shape index (κ1) is 18.9. The maximum Gasteiger partial charge on any atom is 0.314 e. The summed E-state index contributed by atoms with van der Waals surface area (Å²) < 4.78 is 22.4. The first-order valence-corrected chi connectivity index (χ1v) is 9.02. The van der Waals surface area contributed by atoms with Crippen molar-refractivity contribution in [3.63, 3.8) is 0 Å². The van der Waals surface area contributed by atoms with E-state index in [1.54, 1.807) is 13.0 Å². The van der Waals surface area contributed by atoms with Gasteiger partial charge in [0, 0.05) is 5.69 Å². The highest BCUT2D eigenvalue weighted by atomic mass is 35.5. The van der Waals surface area contributed by atoms with Gasteiger partial charge in [0.25, 0.3) is 0 Å². The topological polar surface area (TPSA) is 118 Å². The lowest BCUT2D eigenvalue weighted by Crippen LogP contribution is -2.29. The van der Waals surface area contributed by atoms with E-state index in [1.807, 2.05) is 13.0 Å². The summed E-state index contributed by atoms with van der Waals surface area (Å²) in [4.78, 5) is 23.9. The summed E-state index contributed by atoms with van der Waals surface area (Å²) in [5.41, 5.74) is 2.26. The molecule has 0 aliphatic rings. The maximum atomic E-state index is 12.0. The summed E-state index contributed by atoms with van der Waals surface area (Å²) in [6, 6.07) is 8.61. The number of hydrogen-bond donors (Lipinski definition) is 3. The number of carbonyl (C=O) groups excluding carboxylic acids is 2. The number of halogens is 1. The van der Waals surface area contributed by atoms with E-state index in [0.717, 1.165) is 11.1 Å². The first-order chi connectivity index (χ1) is 11.6. The van der Waals surface area contributed by atoms with Crippen molar-refractivity contribution in [2.45, 2.75) is 18.7 Å². The molecule has 2 amide bonds. The van der Waals surface area contributed by atoms with E-state index in [1.165, 1.54) is 24.3 Å². The summed E-state index contributed by atoms with van der Waals surface area (Å²) in [6.45, 7) is 3.63. The van der Waals surface area contributed by atoms with Gasteiger partial charge in [-0.25, -0.2) is 13.6 Å². The van der Waals surface area contributed by atoms with Crippen LogP contribution in [-0.4, -0.2) is 20.2 Å². The minimum absolute atomic E-state index is 0.1000. The SMILES string of the molecule is Cc1cc(C)c(NC(=O)C(=O)Nc2ccc(S(N)(=O)=O)cc2)c(Cl)c1. The second kappa shape index (κ2) is 7.22. The van der Waals surface area contributed by atoms with Crippen LogP contribution >= 0.6 is 11.6 Å². The Morgan fingerprint density at radius 1 is 1.00 bits per heavy atom. The van der Waals surface area contributed by atoms with Gasteiger partial charge in [-0.3, -0.25) is 9.59 Å². The predicted molar refractivity (Wildman–Crippen MR) is 96.0 cm³/mol. The molecule has 0 bridgehead atoms. The fraction of sp³-hybridized carbons (Fsp3) is 0.125. The van der Waals surface area contributed by atoms with Crippen molar-refractivity contribution < 1.29 is 18.0 Å². The molecule has 0 saturated carbocycles. The second-order valence-electron chi connectivity index (χ2n) is 5.42. The fourth-order valence-corrected chi connectivity index (χ4v) is 3.04. The van der Waals surface area contributed by atoms with Gasteiger partial charge in [-0.15, -0.1) is 0 Å². The standard InChI is InChI=1S/C16H16ClN3O4S/c1-9-7-10(2)14(13(17)8-9)20-16(22)15(21)19-11-3-5-12(6-4-11)25(18,23)24/h3-8H,1-2H3,(H,19,21)(H,20,22)(H2,18,23,24). The molecule has 0 aliphatic heterocycles. The molecule has 0 aromatic heterocycles. The van der Waals surface area contributed by atoms with Crippen molar-refractivity contribution >= 4 is 44.8 Å². The molecule has 2 aromatic rings. The molecule has 0 spiro atoms. The van der Waals surface area contributed by atoms with E-state index >= 15 is 0 Å². The Morgan fingerprint density at radius 2 is 1.56 bits per heavy atom. The van der Waals surface area contributed by atoms with Crippen LogP contribution in [0.4, 0.5) is 11.4 Å². The molecule has 132 valence electrons. The number of amides is 2. The molecule has 25 heavy (non-hydrogen) atoms. The number of aryl methyl sites for hydroxylation is 2. The molecule has 4 N–H and O–H groups in total. The number of rotatable bonds is 3. The largest absolute Gasteiger partial charge is 0.318 e. The van der Waals surface area contributed by atoms with Crippen LogP contribution in [0, 0.1) is 13.8 Å². The molecule has 0 heterocycles. The van der Waals surface area contributed by atoms with Gasteiger partial charge in [0.15, 0.2) is 0 Å². The number of nitrogens with one attached hydrogen (secondary N) is 2. The van der Waals surface area contributed by atoms with E-state index in [2.05, 4.69) is 10.6 Å². The van der Waals surface area contributed by atoms with Gasteiger partial charge in [-0.1, -0.05) is 17.7 Å². The first-order valence-electron chi connectivity index (χ1n) is 7.10. The Labute approximate surface area is 150 Å². The number of benzene rings is 2. The third-order valence-electron chi connectivity index (χ3n) is 3.32. The van der Waals surface area contributed by atoms with Gasteiger partial charge in [-0.2, -0.15) is 0 Å². The zero-order valence-electron chi connectivity index (χ0n) is 13.5. The highest BCUT2D eigenvalue weighted by Crippen LogP contribution is 2.27. The third kappa shape index (κ3) is 4.79. The molecule has 0 saturated heterocycles. The summed E-state index contributed by atoms with van der Waals surface area (Å²) in [7, 11) is -3.82. The summed E-state index contributed by atoms with van der Waals surface area (Å²) >= 11 is 6.09. The van der Waals surface area contributed by atoms with E-state index < -0.39 is 21.8 Å². The van der Waals surface area contributed by atoms with Crippen molar-refractivity contribution in [2.24, 2.45) is 5.14 Å². The van der Waals surface area contributed by atoms with Crippen LogP contribution in [0.1, 0.15) is 11.1 Å². The number of hydrogen-bond acceptors (Lipinski definition) is 4. The van der Waals surface area contributed by atoms with Crippen molar-refractivity contribution in [2.75, 3.05) is 10.6 Å². The molecule has 0 radical (unpaired) electrons. The van der Waals surface area contributed by atoms with Crippen LogP contribution < -0.4 is 15.8 Å². The fourth-order valence-electron chi connectivity index (χ4n) is 2.16. The number of anilines is 2. The van der Waals surface area contributed by atoms with Gasteiger partial charge < -0.3 is 10.6 Å². The van der Waals surface area contributed by atoms with Crippen molar-refractivity contribution in [3.05, 3.63) is 52.5 Å². The van der Waals surface area contributed by atoms with Gasteiger partial charge in [0.1, 0.15) is 0 Å².